The summed E-state index contributed by atoms with van der Waals surface area (Å²) in [7, 11) is -2.89. The molecule has 0 aliphatic carbocycles. The van der Waals surface area contributed by atoms with Crippen LogP contribution in [-0.4, -0.2) is 32.1 Å². The van der Waals surface area contributed by atoms with Crippen molar-refractivity contribution in [1.29, 1.82) is 0 Å². The summed E-state index contributed by atoms with van der Waals surface area (Å²) in [5.74, 6) is 0.102. The number of hydrogen-bond donors (Lipinski definition) is 1. The van der Waals surface area contributed by atoms with Gasteiger partial charge in [-0.15, -0.1) is 0 Å². The van der Waals surface area contributed by atoms with Gasteiger partial charge in [0.15, 0.2) is 0 Å². The van der Waals surface area contributed by atoms with Crippen LogP contribution in [0.5, 0.6) is 0 Å². The lowest BCUT2D eigenvalue weighted by Crippen LogP contribution is -2.40. The van der Waals surface area contributed by atoms with Gasteiger partial charge in [0.25, 0.3) is 20.2 Å². The average molecular weight is 406 g/mol. The Kier molecular flexibility index (Phi) is 4.25. The molecule has 1 aromatic rings. The third kappa shape index (κ3) is 3.04. The zero-order valence-corrected chi connectivity index (χ0v) is 15.1. The number of halogens is 4. The number of anilines is 1. The van der Waals surface area contributed by atoms with Gasteiger partial charge >= 0.3 is 12.1 Å². The number of para-hydroxylation sites is 1. The first-order valence-electron chi connectivity index (χ1n) is 7.23. The Labute approximate surface area is 152 Å². The molecular formula is C15H13ClF3N4O2S+. The minimum absolute atomic E-state index is 0.102. The molecule has 26 heavy (non-hydrogen) atoms. The Morgan fingerprint density at radius 1 is 1.23 bits per heavy atom. The van der Waals surface area contributed by atoms with Gasteiger partial charge in [-0.25, -0.2) is 0 Å². The quantitative estimate of drug-likeness (QED) is 0.616. The fourth-order valence-corrected chi connectivity index (χ4v) is 4.22. The molecule has 1 unspecified atom stereocenters. The van der Waals surface area contributed by atoms with Crippen LogP contribution >= 0.6 is 11.6 Å². The summed E-state index contributed by atoms with van der Waals surface area (Å²) >= 11 is 6.22. The second-order valence-corrected chi connectivity index (χ2v) is 7.82. The van der Waals surface area contributed by atoms with Crippen LogP contribution in [0.15, 0.2) is 56.2 Å². The van der Waals surface area contributed by atoms with Crippen molar-refractivity contribution in [1.82, 2.24) is 0 Å². The van der Waals surface area contributed by atoms with Gasteiger partial charge in [-0.3, -0.25) is 4.72 Å². The predicted octanol–water partition coefficient (Wildman–Crippen LogP) is 3.62. The first kappa shape index (κ1) is 18.6. The molecule has 0 fully saturated rings. The van der Waals surface area contributed by atoms with Crippen molar-refractivity contribution in [3.8, 4) is 0 Å². The number of aliphatic imine (C=N–C) groups is 2. The zero-order valence-electron chi connectivity index (χ0n) is 13.5. The summed E-state index contributed by atoms with van der Waals surface area (Å²) in [5, 5.41) is -0.759. The second-order valence-electron chi connectivity index (χ2n) is 5.86. The van der Waals surface area contributed by atoms with Crippen molar-refractivity contribution in [2.45, 2.75) is 13.1 Å². The number of rotatable bonds is 3. The minimum Gasteiger partial charge on any atom is -0.277 e. The fraction of sp³-hybridized carbons (Fsp3) is 0.200. The maximum Gasteiger partial charge on any atom is 0.418 e. The molecule has 0 aromatic heterocycles. The number of nitrogens with one attached hydrogen (secondary N) is 1. The lowest BCUT2D eigenvalue weighted by atomic mass is 10.2. The molecule has 2 heterocycles. The molecule has 0 saturated carbocycles. The summed E-state index contributed by atoms with van der Waals surface area (Å²) in [6, 6.07) is 4.25. The van der Waals surface area contributed by atoms with Crippen LogP contribution in [-0.2, 0) is 16.2 Å². The van der Waals surface area contributed by atoms with Crippen LogP contribution in [0.1, 0.15) is 12.5 Å². The maximum absolute atomic E-state index is 13.1. The van der Waals surface area contributed by atoms with E-state index >= 15 is 0 Å². The predicted molar refractivity (Wildman–Crippen MR) is 92.7 cm³/mol. The number of quaternary nitrogens is 1. The van der Waals surface area contributed by atoms with Gasteiger partial charge in [-0.05, 0) is 30.7 Å². The van der Waals surface area contributed by atoms with Crippen LogP contribution in [0.4, 0.5) is 18.9 Å². The van der Waals surface area contributed by atoms with E-state index in [1.807, 2.05) is 4.72 Å². The van der Waals surface area contributed by atoms with E-state index in [-0.39, 0.29) is 15.6 Å². The average Bonchev–Trinajstić information content (AvgIpc) is 2.78. The highest BCUT2D eigenvalue weighted by atomic mass is 35.5. The normalized spacial score (nSPS) is 22.8. The standard InChI is InChI=1S/C15H13ClF3N4O2S/c1-9-7-20-14-21-13(12(16)23(14,2)8-9)26(24,25)22-11-6-4-3-5-10(11)15(17,18)19/h3-8,22H,1-2H3/q+1. The van der Waals surface area contributed by atoms with E-state index in [1.54, 1.807) is 20.2 Å². The Morgan fingerprint density at radius 2 is 1.88 bits per heavy atom. The Morgan fingerprint density at radius 3 is 2.54 bits per heavy atom. The Balaban J connectivity index is 2.05. The summed E-state index contributed by atoms with van der Waals surface area (Å²) in [4.78, 5) is 7.97. The smallest absolute Gasteiger partial charge is 0.277 e. The molecule has 11 heteroatoms. The van der Waals surface area contributed by atoms with E-state index in [1.165, 1.54) is 12.3 Å². The van der Waals surface area contributed by atoms with E-state index < -0.39 is 32.5 Å². The molecule has 0 amide bonds. The van der Waals surface area contributed by atoms with Crippen molar-refractivity contribution < 1.29 is 26.1 Å². The second kappa shape index (κ2) is 5.93. The topological polar surface area (TPSA) is 70.9 Å². The number of guanidine groups is 1. The van der Waals surface area contributed by atoms with Gasteiger partial charge in [0.05, 0.1) is 18.3 Å². The van der Waals surface area contributed by atoms with Gasteiger partial charge in [-0.2, -0.15) is 36.1 Å². The van der Waals surface area contributed by atoms with Gasteiger partial charge in [0, 0.05) is 11.8 Å². The van der Waals surface area contributed by atoms with Crippen molar-refractivity contribution in [3.63, 3.8) is 0 Å². The van der Waals surface area contributed by atoms with Crippen LogP contribution in [0.25, 0.3) is 0 Å². The highest BCUT2D eigenvalue weighted by Crippen LogP contribution is 2.39. The van der Waals surface area contributed by atoms with E-state index in [0.29, 0.717) is 0 Å². The maximum atomic E-state index is 13.1. The fourth-order valence-electron chi connectivity index (χ4n) is 2.57. The Bertz CT molecular complexity index is 1010. The summed E-state index contributed by atoms with van der Waals surface area (Å²) < 4.78 is 66.2. The number of benzene rings is 1. The molecule has 1 aromatic carbocycles. The van der Waals surface area contributed by atoms with Crippen molar-refractivity contribution >= 4 is 39.5 Å². The number of sulfonamides is 1. The van der Waals surface area contributed by atoms with E-state index in [2.05, 4.69) is 9.98 Å². The number of nitrogens with zero attached hydrogens (tertiary/aromatic N) is 3. The number of alkyl halides is 3. The van der Waals surface area contributed by atoms with Gasteiger partial charge in [0.2, 0.25) is 0 Å². The molecule has 0 saturated heterocycles. The summed E-state index contributed by atoms with van der Waals surface area (Å²) in [6.07, 6.45) is -1.59. The number of fused-ring (bicyclic) bond motifs is 1. The monoisotopic (exact) mass is 405 g/mol. The molecule has 138 valence electrons. The molecule has 6 nitrogen and oxygen atoms in total. The molecule has 0 radical (unpaired) electrons. The number of hydrogen-bond acceptors (Lipinski definition) is 4. The third-order valence-electron chi connectivity index (χ3n) is 3.78. The molecular weight excluding hydrogens is 393 g/mol. The van der Waals surface area contributed by atoms with Crippen molar-refractivity contribution in [2.24, 2.45) is 9.98 Å². The minimum atomic E-state index is -4.72. The molecule has 0 bridgehead atoms. The molecule has 2 aliphatic heterocycles. The van der Waals surface area contributed by atoms with Crippen LogP contribution < -0.4 is 4.72 Å². The summed E-state index contributed by atoms with van der Waals surface area (Å²) in [6.45, 7) is 1.75. The van der Waals surface area contributed by atoms with Crippen molar-refractivity contribution in [2.75, 3.05) is 11.8 Å². The SMILES string of the molecule is CC1=C[N+]2(C)C(=NC(S(=O)(=O)Nc3ccccc3C(F)(F)F)=C2Cl)N=C1. The van der Waals surface area contributed by atoms with E-state index in [9.17, 15) is 21.6 Å². The molecule has 0 spiro atoms. The van der Waals surface area contributed by atoms with Gasteiger partial charge < -0.3 is 0 Å². The first-order chi connectivity index (χ1) is 11.9. The van der Waals surface area contributed by atoms with Gasteiger partial charge in [0.1, 0.15) is 6.20 Å². The Hall–Kier alpha value is -2.17. The van der Waals surface area contributed by atoms with Crippen LogP contribution in [0.3, 0.4) is 0 Å². The van der Waals surface area contributed by atoms with E-state index in [4.69, 9.17) is 11.6 Å². The van der Waals surface area contributed by atoms with E-state index in [0.717, 1.165) is 23.8 Å². The molecule has 2 aliphatic rings. The highest BCUT2D eigenvalue weighted by molar-refractivity contribution is 7.96. The lowest BCUT2D eigenvalue weighted by Gasteiger charge is -2.25. The highest BCUT2D eigenvalue weighted by Gasteiger charge is 2.47. The molecule has 1 atom stereocenters. The van der Waals surface area contributed by atoms with Crippen LogP contribution in [0.2, 0.25) is 0 Å². The zero-order chi connectivity index (χ0) is 19.3. The van der Waals surface area contributed by atoms with Crippen LogP contribution in [0, 0.1) is 0 Å². The lowest BCUT2D eigenvalue weighted by molar-refractivity contribution is -0.713. The molecule has 3 rings (SSSR count). The summed E-state index contributed by atoms with van der Waals surface area (Å²) in [5.41, 5.74) is -0.989. The van der Waals surface area contributed by atoms with Gasteiger partial charge in [-0.1, -0.05) is 12.1 Å². The number of allylic oxidation sites excluding steroid dienone is 1. The van der Waals surface area contributed by atoms with Crippen molar-refractivity contribution in [3.05, 3.63) is 51.8 Å². The molecule has 1 N–H and O–H groups in total. The largest absolute Gasteiger partial charge is 0.418 e. The first-order valence-corrected chi connectivity index (χ1v) is 9.09. The third-order valence-corrected chi connectivity index (χ3v) is 5.70.